The molecule has 0 aliphatic rings. The van der Waals surface area contributed by atoms with Gasteiger partial charge in [0.2, 0.25) is 0 Å². The molecule has 1 aromatic carbocycles. The molecular formula is C13H13BrN2OS. The molecule has 0 atom stereocenters. The van der Waals surface area contributed by atoms with Crippen molar-refractivity contribution in [3.05, 3.63) is 56.2 Å². The fraction of sp³-hybridized carbons (Fsp3) is 0.154. The van der Waals surface area contributed by atoms with E-state index < -0.39 is 0 Å². The fourth-order valence-electron chi connectivity index (χ4n) is 1.56. The van der Waals surface area contributed by atoms with Gasteiger partial charge in [-0.05, 0) is 45.8 Å². The summed E-state index contributed by atoms with van der Waals surface area (Å²) in [6.45, 7) is 0.987. The van der Waals surface area contributed by atoms with Gasteiger partial charge in [0.25, 0.3) is 5.91 Å². The molecule has 0 bridgehead atoms. The van der Waals surface area contributed by atoms with Crippen molar-refractivity contribution in [2.75, 3.05) is 0 Å². The van der Waals surface area contributed by atoms with Gasteiger partial charge < -0.3 is 11.1 Å². The van der Waals surface area contributed by atoms with Crippen molar-refractivity contribution in [1.82, 2.24) is 5.32 Å². The van der Waals surface area contributed by atoms with E-state index in [1.165, 1.54) is 0 Å². The summed E-state index contributed by atoms with van der Waals surface area (Å²) < 4.78 is 1.07. The van der Waals surface area contributed by atoms with Crippen LogP contribution < -0.4 is 11.1 Å². The zero-order chi connectivity index (χ0) is 13.0. The SMILES string of the molecule is NCc1cccc(C(=O)NCc2ccc(Br)s2)c1. The summed E-state index contributed by atoms with van der Waals surface area (Å²) in [5, 5.41) is 2.89. The van der Waals surface area contributed by atoms with Crippen molar-refractivity contribution in [3.8, 4) is 0 Å². The number of carbonyl (C=O) groups excluding carboxylic acids is 1. The Kier molecular flexibility index (Phi) is 4.52. The average Bonchev–Trinajstić information content (AvgIpc) is 2.82. The van der Waals surface area contributed by atoms with Gasteiger partial charge in [0.1, 0.15) is 0 Å². The van der Waals surface area contributed by atoms with Gasteiger partial charge in [0, 0.05) is 17.0 Å². The van der Waals surface area contributed by atoms with E-state index in [0.29, 0.717) is 18.7 Å². The van der Waals surface area contributed by atoms with Gasteiger partial charge in [-0.3, -0.25) is 4.79 Å². The van der Waals surface area contributed by atoms with E-state index in [1.807, 2.05) is 30.3 Å². The molecule has 0 aliphatic heterocycles. The molecule has 0 fully saturated rings. The van der Waals surface area contributed by atoms with Gasteiger partial charge >= 0.3 is 0 Å². The maximum absolute atomic E-state index is 11.9. The fourth-order valence-corrected chi connectivity index (χ4v) is 2.98. The first-order valence-corrected chi connectivity index (χ1v) is 7.11. The number of nitrogens with two attached hydrogens (primary N) is 1. The highest BCUT2D eigenvalue weighted by Gasteiger charge is 2.06. The number of hydrogen-bond acceptors (Lipinski definition) is 3. The number of thiophene rings is 1. The minimum Gasteiger partial charge on any atom is -0.347 e. The molecule has 1 aromatic heterocycles. The van der Waals surface area contributed by atoms with Crippen LogP contribution in [0.1, 0.15) is 20.8 Å². The molecule has 0 saturated carbocycles. The first-order valence-electron chi connectivity index (χ1n) is 5.50. The van der Waals surface area contributed by atoms with Gasteiger partial charge in [-0.2, -0.15) is 0 Å². The van der Waals surface area contributed by atoms with Crippen LogP contribution in [0, 0.1) is 0 Å². The summed E-state index contributed by atoms with van der Waals surface area (Å²) in [6.07, 6.45) is 0. The summed E-state index contributed by atoms with van der Waals surface area (Å²) in [4.78, 5) is 13.0. The minimum atomic E-state index is -0.0742. The molecule has 0 saturated heterocycles. The smallest absolute Gasteiger partial charge is 0.251 e. The molecule has 2 rings (SSSR count). The summed E-state index contributed by atoms with van der Waals surface area (Å²) in [7, 11) is 0. The molecule has 0 radical (unpaired) electrons. The van der Waals surface area contributed by atoms with Crippen molar-refractivity contribution in [1.29, 1.82) is 0 Å². The second kappa shape index (κ2) is 6.13. The number of carbonyl (C=O) groups is 1. The van der Waals surface area contributed by atoms with Crippen molar-refractivity contribution in [2.45, 2.75) is 13.1 Å². The Morgan fingerprint density at radius 3 is 2.83 bits per heavy atom. The Morgan fingerprint density at radius 2 is 2.17 bits per heavy atom. The number of halogens is 1. The van der Waals surface area contributed by atoms with Gasteiger partial charge in [-0.25, -0.2) is 0 Å². The normalized spacial score (nSPS) is 10.3. The highest BCUT2D eigenvalue weighted by Crippen LogP contribution is 2.21. The van der Waals surface area contributed by atoms with E-state index in [9.17, 15) is 4.79 Å². The predicted octanol–water partition coefficient (Wildman–Crippen LogP) is 2.90. The monoisotopic (exact) mass is 324 g/mol. The molecule has 94 valence electrons. The topological polar surface area (TPSA) is 55.1 Å². The Balaban J connectivity index is 1.99. The minimum absolute atomic E-state index is 0.0742. The van der Waals surface area contributed by atoms with E-state index in [2.05, 4.69) is 21.2 Å². The molecule has 1 heterocycles. The number of hydrogen-bond donors (Lipinski definition) is 2. The zero-order valence-corrected chi connectivity index (χ0v) is 12.1. The van der Waals surface area contributed by atoms with Gasteiger partial charge in [0.05, 0.1) is 10.3 Å². The number of benzene rings is 1. The third-order valence-electron chi connectivity index (χ3n) is 2.48. The van der Waals surface area contributed by atoms with Crippen LogP contribution in [0.5, 0.6) is 0 Å². The van der Waals surface area contributed by atoms with Gasteiger partial charge in [0.15, 0.2) is 0 Å². The van der Waals surface area contributed by atoms with Crippen LogP contribution in [0.3, 0.4) is 0 Å². The maximum atomic E-state index is 11.9. The quantitative estimate of drug-likeness (QED) is 0.908. The lowest BCUT2D eigenvalue weighted by Crippen LogP contribution is -2.22. The average molecular weight is 325 g/mol. The summed E-state index contributed by atoms with van der Waals surface area (Å²) >= 11 is 5.01. The lowest BCUT2D eigenvalue weighted by atomic mass is 10.1. The van der Waals surface area contributed by atoms with E-state index >= 15 is 0 Å². The second-order valence-corrected chi connectivity index (χ2v) is 6.34. The molecule has 0 aliphatic carbocycles. The lowest BCUT2D eigenvalue weighted by molar-refractivity contribution is 0.0951. The molecule has 3 N–H and O–H groups in total. The molecular weight excluding hydrogens is 312 g/mol. The molecule has 0 unspecified atom stereocenters. The maximum Gasteiger partial charge on any atom is 0.251 e. The Bertz CT molecular complexity index is 553. The van der Waals surface area contributed by atoms with Crippen LogP contribution in [-0.2, 0) is 13.1 Å². The van der Waals surface area contributed by atoms with E-state index in [4.69, 9.17) is 5.73 Å². The number of amides is 1. The molecule has 18 heavy (non-hydrogen) atoms. The predicted molar refractivity (Wildman–Crippen MR) is 77.5 cm³/mol. The molecule has 3 nitrogen and oxygen atoms in total. The van der Waals surface area contributed by atoms with E-state index in [-0.39, 0.29) is 5.91 Å². The standard InChI is InChI=1S/C13H13BrN2OS/c14-12-5-4-11(18-12)8-16-13(17)10-3-1-2-9(6-10)7-15/h1-6H,7-8,15H2,(H,16,17). The summed E-state index contributed by atoms with van der Waals surface area (Å²) in [5.74, 6) is -0.0742. The van der Waals surface area contributed by atoms with Crippen molar-refractivity contribution < 1.29 is 4.79 Å². The molecule has 2 aromatic rings. The largest absolute Gasteiger partial charge is 0.347 e. The van der Waals surface area contributed by atoms with Crippen LogP contribution in [0.4, 0.5) is 0 Å². The third kappa shape index (κ3) is 3.41. The Morgan fingerprint density at radius 1 is 1.33 bits per heavy atom. The molecule has 0 spiro atoms. The van der Waals surface area contributed by atoms with Crippen molar-refractivity contribution in [3.63, 3.8) is 0 Å². The molecule has 5 heteroatoms. The number of nitrogens with one attached hydrogen (secondary N) is 1. The van der Waals surface area contributed by atoms with Crippen LogP contribution in [0.2, 0.25) is 0 Å². The van der Waals surface area contributed by atoms with Crippen LogP contribution in [0.15, 0.2) is 40.2 Å². The van der Waals surface area contributed by atoms with E-state index in [0.717, 1.165) is 14.2 Å². The third-order valence-corrected chi connectivity index (χ3v) is 4.10. The van der Waals surface area contributed by atoms with Crippen LogP contribution in [0.25, 0.3) is 0 Å². The Labute approximate surface area is 118 Å². The summed E-state index contributed by atoms with van der Waals surface area (Å²) in [6, 6.07) is 11.3. The highest BCUT2D eigenvalue weighted by molar-refractivity contribution is 9.11. The van der Waals surface area contributed by atoms with Crippen LogP contribution in [-0.4, -0.2) is 5.91 Å². The molecule has 1 amide bonds. The van der Waals surface area contributed by atoms with Crippen molar-refractivity contribution >= 4 is 33.2 Å². The van der Waals surface area contributed by atoms with Crippen molar-refractivity contribution in [2.24, 2.45) is 5.73 Å². The Hall–Kier alpha value is -1.17. The van der Waals surface area contributed by atoms with Gasteiger partial charge in [-0.15, -0.1) is 11.3 Å². The first-order chi connectivity index (χ1) is 8.69. The second-order valence-electron chi connectivity index (χ2n) is 3.79. The van der Waals surface area contributed by atoms with Crippen LogP contribution >= 0.6 is 27.3 Å². The lowest BCUT2D eigenvalue weighted by Gasteiger charge is -2.05. The number of rotatable bonds is 4. The first kappa shape index (κ1) is 13.3. The van der Waals surface area contributed by atoms with E-state index in [1.54, 1.807) is 17.4 Å². The summed E-state index contributed by atoms with van der Waals surface area (Å²) in [5.41, 5.74) is 7.16. The highest BCUT2D eigenvalue weighted by atomic mass is 79.9. The van der Waals surface area contributed by atoms with Gasteiger partial charge in [-0.1, -0.05) is 12.1 Å². The zero-order valence-electron chi connectivity index (χ0n) is 9.65.